The highest BCUT2D eigenvalue weighted by molar-refractivity contribution is 9.10. The Morgan fingerprint density at radius 1 is 1.11 bits per heavy atom. The number of rotatable bonds is 7. The largest absolute Gasteiger partial charge is 0.492 e. The van der Waals surface area contributed by atoms with Crippen molar-refractivity contribution in [3.05, 3.63) is 58.1 Å². The number of nitrogens with one attached hydrogen (secondary N) is 2. The Morgan fingerprint density at radius 2 is 1.81 bits per heavy atom. The standard InChI is InChI=1S/C22H29BrN2O2/c1-5-16-7-10-18(11-8-16)25-21(26)24-13-6-14-27-20-12-9-17(15-19(20)23)22(2,3)4/h7-12,15H,5-6,13-14H2,1-4H3,(H2,24,25,26). The van der Waals surface area contributed by atoms with E-state index in [4.69, 9.17) is 4.74 Å². The minimum Gasteiger partial charge on any atom is -0.492 e. The average Bonchev–Trinajstić information content (AvgIpc) is 2.62. The highest BCUT2D eigenvalue weighted by Gasteiger charge is 2.15. The third-order valence-electron chi connectivity index (χ3n) is 4.28. The van der Waals surface area contributed by atoms with Crippen LogP contribution in [-0.4, -0.2) is 19.2 Å². The van der Waals surface area contributed by atoms with Crippen molar-refractivity contribution in [1.29, 1.82) is 0 Å². The van der Waals surface area contributed by atoms with E-state index < -0.39 is 0 Å². The van der Waals surface area contributed by atoms with E-state index in [2.05, 4.69) is 66.4 Å². The van der Waals surface area contributed by atoms with Crippen molar-refractivity contribution in [2.24, 2.45) is 0 Å². The van der Waals surface area contributed by atoms with E-state index in [1.165, 1.54) is 11.1 Å². The Balaban J connectivity index is 1.70. The van der Waals surface area contributed by atoms with Crippen LogP contribution in [0.1, 0.15) is 45.2 Å². The molecule has 0 saturated carbocycles. The van der Waals surface area contributed by atoms with Gasteiger partial charge in [0.1, 0.15) is 5.75 Å². The maximum absolute atomic E-state index is 11.9. The minimum absolute atomic E-state index is 0.106. The van der Waals surface area contributed by atoms with Crippen molar-refractivity contribution in [3.63, 3.8) is 0 Å². The summed E-state index contributed by atoms with van der Waals surface area (Å²) in [6, 6.07) is 13.9. The highest BCUT2D eigenvalue weighted by atomic mass is 79.9. The van der Waals surface area contributed by atoms with Gasteiger partial charge in [0.15, 0.2) is 0 Å². The second-order valence-electron chi connectivity index (χ2n) is 7.53. The second kappa shape index (κ2) is 9.79. The molecule has 0 bridgehead atoms. The average molecular weight is 433 g/mol. The number of amides is 2. The van der Waals surface area contributed by atoms with Crippen LogP contribution in [0.5, 0.6) is 5.75 Å². The van der Waals surface area contributed by atoms with Crippen LogP contribution in [0.15, 0.2) is 46.9 Å². The molecule has 146 valence electrons. The predicted octanol–water partition coefficient (Wildman–Crippen LogP) is 5.90. The fraction of sp³-hybridized carbons (Fsp3) is 0.409. The van der Waals surface area contributed by atoms with Crippen LogP contribution in [0.25, 0.3) is 0 Å². The van der Waals surface area contributed by atoms with Crippen LogP contribution in [-0.2, 0) is 11.8 Å². The van der Waals surface area contributed by atoms with Gasteiger partial charge in [-0.3, -0.25) is 0 Å². The Hall–Kier alpha value is -2.01. The first-order valence-electron chi connectivity index (χ1n) is 9.36. The van der Waals surface area contributed by atoms with Crippen LogP contribution >= 0.6 is 15.9 Å². The zero-order chi connectivity index (χ0) is 19.9. The molecule has 2 N–H and O–H groups in total. The number of halogens is 1. The summed E-state index contributed by atoms with van der Waals surface area (Å²) in [6.07, 6.45) is 1.72. The van der Waals surface area contributed by atoms with Crippen molar-refractivity contribution < 1.29 is 9.53 Å². The number of carbonyl (C=O) groups excluding carboxylic acids is 1. The van der Waals surface area contributed by atoms with Gasteiger partial charge in [0.05, 0.1) is 11.1 Å². The SMILES string of the molecule is CCc1ccc(NC(=O)NCCCOc2ccc(C(C)(C)C)cc2Br)cc1. The molecule has 2 aromatic carbocycles. The summed E-state index contributed by atoms with van der Waals surface area (Å²) >= 11 is 3.57. The molecule has 4 nitrogen and oxygen atoms in total. The van der Waals surface area contributed by atoms with Gasteiger partial charge in [0, 0.05) is 12.2 Å². The summed E-state index contributed by atoms with van der Waals surface area (Å²) in [6.45, 7) is 9.75. The van der Waals surface area contributed by atoms with Gasteiger partial charge in [-0.2, -0.15) is 0 Å². The molecule has 0 heterocycles. The van der Waals surface area contributed by atoms with Gasteiger partial charge >= 0.3 is 6.03 Å². The number of anilines is 1. The molecule has 2 rings (SSSR count). The molecule has 2 aromatic rings. The van der Waals surface area contributed by atoms with E-state index >= 15 is 0 Å². The van der Waals surface area contributed by atoms with Crippen molar-refractivity contribution in [2.75, 3.05) is 18.5 Å². The van der Waals surface area contributed by atoms with Crippen LogP contribution < -0.4 is 15.4 Å². The van der Waals surface area contributed by atoms with Crippen LogP contribution in [0, 0.1) is 0 Å². The monoisotopic (exact) mass is 432 g/mol. The maximum Gasteiger partial charge on any atom is 0.319 e. The third-order valence-corrected chi connectivity index (χ3v) is 4.90. The van der Waals surface area contributed by atoms with Crippen molar-refractivity contribution in [1.82, 2.24) is 5.32 Å². The van der Waals surface area contributed by atoms with Gasteiger partial charge in [-0.15, -0.1) is 0 Å². The summed E-state index contributed by atoms with van der Waals surface area (Å²) in [4.78, 5) is 11.9. The first-order chi connectivity index (χ1) is 12.8. The van der Waals surface area contributed by atoms with Crippen molar-refractivity contribution in [2.45, 2.75) is 46.0 Å². The maximum atomic E-state index is 11.9. The molecule has 0 radical (unpaired) electrons. The van der Waals surface area contributed by atoms with E-state index in [1.54, 1.807) is 0 Å². The lowest BCUT2D eigenvalue weighted by Gasteiger charge is -2.20. The Labute approximate surface area is 170 Å². The molecule has 0 atom stereocenters. The number of hydrogen-bond donors (Lipinski definition) is 2. The van der Waals surface area contributed by atoms with Gasteiger partial charge < -0.3 is 15.4 Å². The van der Waals surface area contributed by atoms with E-state index in [0.29, 0.717) is 13.2 Å². The molecular weight excluding hydrogens is 404 g/mol. The first-order valence-corrected chi connectivity index (χ1v) is 10.2. The minimum atomic E-state index is -0.199. The quantitative estimate of drug-likeness (QED) is 0.534. The van der Waals surface area contributed by atoms with E-state index in [1.807, 2.05) is 30.3 Å². The summed E-state index contributed by atoms with van der Waals surface area (Å²) in [5.74, 6) is 0.823. The van der Waals surface area contributed by atoms with E-state index in [-0.39, 0.29) is 11.4 Å². The predicted molar refractivity (Wildman–Crippen MR) is 116 cm³/mol. The van der Waals surface area contributed by atoms with Gasteiger partial charge in [-0.05, 0) is 69.6 Å². The molecule has 27 heavy (non-hydrogen) atoms. The van der Waals surface area contributed by atoms with Crippen LogP contribution in [0.4, 0.5) is 10.5 Å². The van der Waals surface area contributed by atoms with Crippen molar-refractivity contribution >= 4 is 27.6 Å². The fourth-order valence-electron chi connectivity index (χ4n) is 2.54. The number of urea groups is 1. The van der Waals surface area contributed by atoms with Gasteiger partial charge in [0.2, 0.25) is 0 Å². The smallest absolute Gasteiger partial charge is 0.319 e. The summed E-state index contributed by atoms with van der Waals surface area (Å²) < 4.78 is 6.77. The topological polar surface area (TPSA) is 50.4 Å². The summed E-state index contributed by atoms with van der Waals surface area (Å²) in [7, 11) is 0. The molecular formula is C22H29BrN2O2. The summed E-state index contributed by atoms with van der Waals surface area (Å²) in [5, 5.41) is 5.68. The lowest BCUT2D eigenvalue weighted by Crippen LogP contribution is -2.30. The van der Waals surface area contributed by atoms with Gasteiger partial charge in [-0.25, -0.2) is 4.79 Å². The molecule has 0 aliphatic carbocycles. The fourth-order valence-corrected chi connectivity index (χ4v) is 3.03. The molecule has 2 amide bonds. The van der Waals surface area contributed by atoms with Crippen LogP contribution in [0.3, 0.4) is 0 Å². The molecule has 0 saturated heterocycles. The number of carbonyl (C=O) groups is 1. The van der Waals surface area contributed by atoms with Gasteiger partial charge in [-0.1, -0.05) is 45.9 Å². The van der Waals surface area contributed by atoms with Gasteiger partial charge in [0.25, 0.3) is 0 Å². The lowest BCUT2D eigenvalue weighted by molar-refractivity contribution is 0.250. The number of ether oxygens (including phenoxy) is 1. The van der Waals surface area contributed by atoms with Crippen molar-refractivity contribution in [3.8, 4) is 5.75 Å². The molecule has 0 aromatic heterocycles. The number of aryl methyl sites for hydroxylation is 1. The second-order valence-corrected chi connectivity index (χ2v) is 8.38. The third kappa shape index (κ3) is 6.90. The summed E-state index contributed by atoms with van der Waals surface area (Å²) in [5.41, 5.74) is 3.41. The molecule has 0 fully saturated rings. The molecule has 5 heteroatoms. The molecule has 0 unspecified atom stereocenters. The first kappa shape index (κ1) is 21.3. The van der Waals surface area contributed by atoms with Crippen LogP contribution in [0.2, 0.25) is 0 Å². The number of hydrogen-bond acceptors (Lipinski definition) is 2. The Morgan fingerprint density at radius 3 is 2.41 bits per heavy atom. The zero-order valence-corrected chi connectivity index (χ0v) is 18.2. The zero-order valence-electron chi connectivity index (χ0n) is 16.6. The highest BCUT2D eigenvalue weighted by Crippen LogP contribution is 2.31. The number of benzene rings is 2. The Bertz CT molecular complexity index is 752. The molecule has 0 spiro atoms. The molecule has 0 aliphatic rings. The lowest BCUT2D eigenvalue weighted by atomic mass is 9.87. The van der Waals surface area contributed by atoms with E-state index in [0.717, 1.165) is 28.8 Å². The normalized spacial score (nSPS) is 11.1. The Kier molecular flexibility index (Phi) is 7.72. The van der Waals surface area contributed by atoms with E-state index in [9.17, 15) is 4.79 Å². The molecule has 0 aliphatic heterocycles.